The fourth-order valence-corrected chi connectivity index (χ4v) is 8.29. The van der Waals surface area contributed by atoms with Crippen molar-refractivity contribution in [1.82, 2.24) is 15.5 Å². The van der Waals surface area contributed by atoms with Crippen LogP contribution in [0.2, 0.25) is 0 Å². The highest BCUT2D eigenvalue weighted by Crippen LogP contribution is 2.42. The molecule has 12 nitrogen and oxygen atoms in total. The molecular weight excluding hydrogens is 850 g/mol. The van der Waals surface area contributed by atoms with E-state index in [2.05, 4.69) is 42.5 Å². The summed E-state index contributed by atoms with van der Waals surface area (Å²) in [5, 5.41) is 27.2. The van der Waals surface area contributed by atoms with Crippen molar-refractivity contribution in [3.8, 4) is 5.75 Å². The number of hydrogen-bond acceptors (Lipinski definition) is 9. The molecule has 0 spiro atoms. The number of phenols is 1. The van der Waals surface area contributed by atoms with Gasteiger partial charge in [0.1, 0.15) is 23.9 Å². The Hall–Kier alpha value is -3.56. The Morgan fingerprint density at radius 1 is 1.07 bits per heavy atom. The highest BCUT2D eigenvalue weighted by molar-refractivity contribution is 9.11. The molecule has 0 bridgehead atoms. The van der Waals surface area contributed by atoms with E-state index in [1.807, 2.05) is 76.3 Å². The molecule has 2 aliphatic heterocycles. The number of aliphatic hydroxyl groups is 1. The second-order valence-corrected chi connectivity index (χ2v) is 17.3. The smallest absolute Gasteiger partial charge is 0.332 e. The number of benzene rings is 2. The second kappa shape index (κ2) is 18.8. The van der Waals surface area contributed by atoms with Crippen LogP contribution in [0.1, 0.15) is 78.5 Å². The molecule has 2 aliphatic rings. The summed E-state index contributed by atoms with van der Waals surface area (Å²) in [6.45, 7) is 12.0. The van der Waals surface area contributed by atoms with E-state index in [9.17, 15) is 29.4 Å². The number of aromatic hydroxyl groups is 1. The van der Waals surface area contributed by atoms with Crippen molar-refractivity contribution >= 4 is 55.6 Å². The number of fused-ring (bicyclic) bond motifs is 1. The molecule has 306 valence electrons. The Morgan fingerprint density at radius 2 is 1.70 bits per heavy atom. The maximum Gasteiger partial charge on any atom is 0.332 e. The average molecular weight is 906 g/mol. The minimum Gasteiger partial charge on any atom is -0.506 e. The van der Waals surface area contributed by atoms with Crippen molar-refractivity contribution in [2.75, 3.05) is 14.2 Å². The van der Waals surface area contributed by atoms with Crippen molar-refractivity contribution in [3.63, 3.8) is 0 Å². The molecule has 2 aromatic rings. The molecule has 8 unspecified atom stereocenters. The molecule has 2 heterocycles. The van der Waals surface area contributed by atoms with Crippen LogP contribution in [0.25, 0.3) is 0 Å². The molecule has 0 aliphatic carbocycles. The Kier molecular flexibility index (Phi) is 15.2. The first-order valence-corrected chi connectivity index (χ1v) is 20.4. The molecule has 2 aromatic carbocycles. The predicted octanol–water partition coefficient (Wildman–Crippen LogP) is 6.07. The lowest BCUT2D eigenvalue weighted by Gasteiger charge is -2.35. The Balaban J connectivity index is 1.83. The van der Waals surface area contributed by atoms with Crippen molar-refractivity contribution in [2.24, 2.45) is 11.8 Å². The zero-order chi connectivity index (χ0) is 41.7. The first-order valence-electron chi connectivity index (χ1n) is 18.8. The normalized spacial score (nSPS) is 30.8. The maximum atomic E-state index is 14.4. The van der Waals surface area contributed by atoms with Crippen LogP contribution in [0.3, 0.4) is 0 Å². The summed E-state index contributed by atoms with van der Waals surface area (Å²) in [4.78, 5) is 58.4. The summed E-state index contributed by atoms with van der Waals surface area (Å²) < 4.78 is 18.7. The number of hydrogen-bond donors (Lipinski definition) is 4. The van der Waals surface area contributed by atoms with Gasteiger partial charge in [-0.15, -0.1) is 0 Å². The highest BCUT2D eigenvalue weighted by atomic mass is 79.9. The zero-order valence-corrected chi connectivity index (χ0v) is 36.6. The second-order valence-electron chi connectivity index (χ2n) is 15.6. The number of ether oxygens (including phenoxy) is 3. The van der Waals surface area contributed by atoms with Gasteiger partial charge >= 0.3 is 5.97 Å². The van der Waals surface area contributed by atoms with Gasteiger partial charge in [0.05, 0.1) is 26.8 Å². The molecule has 9 atom stereocenters. The van der Waals surface area contributed by atoms with E-state index in [1.54, 1.807) is 33.2 Å². The highest BCUT2D eigenvalue weighted by Gasteiger charge is 2.61. The third-order valence-corrected chi connectivity index (χ3v) is 12.0. The molecule has 0 aromatic heterocycles. The molecular formula is C42H55Br2N3O9. The predicted molar refractivity (Wildman–Crippen MR) is 219 cm³/mol. The van der Waals surface area contributed by atoms with Crippen LogP contribution in [0.5, 0.6) is 5.75 Å². The lowest BCUT2D eigenvalue weighted by Crippen LogP contribution is -2.61. The molecule has 14 heteroatoms. The van der Waals surface area contributed by atoms with Gasteiger partial charge in [-0.3, -0.25) is 14.4 Å². The summed E-state index contributed by atoms with van der Waals surface area (Å²) in [6, 6.07) is 8.52. The fraction of sp³-hybridized carbons (Fsp3) is 0.524. The van der Waals surface area contributed by atoms with Crippen LogP contribution >= 0.6 is 31.9 Å². The number of allylic oxidation sites excluding steroid dienone is 2. The summed E-state index contributed by atoms with van der Waals surface area (Å²) in [5.41, 5.74) is -0.880. The number of amides is 3. The minimum absolute atomic E-state index is 0.0511. The summed E-state index contributed by atoms with van der Waals surface area (Å²) in [7, 11) is 3.15. The summed E-state index contributed by atoms with van der Waals surface area (Å²) in [5.74, 6) is -3.40. The standard InChI is InChI=1S/C42H55Br2N3O9/c1-10-23(2)33-38(50)45-30(21-26-19-28(43)34(48)29(44)20-26)37(49)46-36(41(5,6)53)39(51)55-35(27-17-12-11-13-18-27)25(4)16-14-15-24(3)31(54-9)22-32-42(7,56-32)40(52)47(33)8/h11-20,23,25,30-33,35-36,48,53H,10,21-22H2,1-9H3,(H,45,50)(H,46,49)/b16-14+,24-15+/t23?,25?,30-,31?,32?,33?,35?,36?,42?/m0/s1. The van der Waals surface area contributed by atoms with Gasteiger partial charge in [0, 0.05) is 32.9 Å². The lowest BCUT2D eigenvalue weighted by atomic mass is 9.93. The number of carbonyl (C=O) groups is 4. The number of epoxide rings is 1. The van der Waals surface area contributed by atoms with Gasteiger partial charge in [-0.2, -0.15) is 0 Å². The number of halogens is 2. The Labute approximate surface area is 346 Å². The SMILES string of the molecule is CCC(C)C1C(=O)N[C@@H](Cc2cc(Br)c(O)c(Br)c2)C(=O)NC(C(C)(C)O)C(=O)OC(c2ccccc2)C(C)/C=C/C=C(\C)C(OC)CC2OC2(C)C(=O)N1C. The monoisotopic (exact) mass is 903 g/mol. The average Bonchev–Trinajstić information content (AvgIpc) is 3.81. The maximum absolute atomic E-state index is 14.4. The van der Waals surface area contributed by atoms with Crippen LogP contribution in [0.4, 0.5) is 0 Å². The molecule has 3 amide bonds. The van der Waals surface area contributed by atoms with E-state index in [-0.39, 0.29) is 36.0 Å². The third-order valence-electron chi connectivity index (χ3n) is 10.8. The summed E-state index contributed by atoms with van der Waals surface area (Å²) in [6.07, 6.45) is 4.83. The van der Waals surface area contributed by atoms with Crippen LogP contribution in [-0.4, -0.2) is 94.5 Å². The van der Waals surface area contributed by atoms with Crippen LogP contribution < -0.4 is 10.6 Å². The van der Waals surface area contributed by atoms with Gasteiger partial charge in [0.2, 0.25) is 11.8 Å². The molecule has 1 saturated heterocycles. The topological polar surface area (TPSA) is 167 Å². The van der Waals surface area contributed by atoms with Gasteiger partial charge in [0.15, 0.2) is 11.6 Å². The van der Waals surface area contributed by atoms with Gasteiger partial charge in [-0.05, 0) is 94.3 Å². The first kappa shape index (κ1) is 45.1. The molecule has 56 heavy (non-hydrogen) atoms. The van der Waals surface area contributed by atoms with Crippen molar-refractivity contribution in [2.45, 2.75) is 115 Å². The molecule has 4 N–H and O–H groups in total. The van der Waals surface area contributed by atoms with Crippen LogP contribution in [0.15, 0.2) is 75.2 Å². The Morgan fingerprint density at radius 3 is 2.27 bits per heavy atom. The number of likely N-dealkylation sites (N-methyl/N-ethyl adjacent to an activating group) is 1. The zero-order valence-electron chi connectivity index (χ0n) is 33.5. The molecule has 1 fully saturated rings. The number of rotatable bonds is 7. The fourth-order valence-electron chi connectivity index (χ4n) is 7.01. The summed E-state index contributed by atoms with van der Waals surface area (Å²) >= 11 is 6.67. The van der Waals surface area contributed by atoms with Crippen molar-refractivity contribution < 1.29 is 43.6 Å². The van der Waals surface area contributed by atoms with E-state index in [4.69, 9.17) is 14.2 Å². The van der Waals surface area contributed by atoms with Gasteiger partial charge in [-0.25, -0.2) is 4.79 Å². The number of methoxy groups -OCH3 is 1. The van der Waals surface area contributed by atoms with Crippen molar-refractivity contribution in [1.29, 1.82) is 0 Å². The number of cyclic esters (lactones) is 1. The molecule has 4 rings (SSSR count). The van der Waals surface area contributed by atoms with Crippen LogP contribution in [-0.2, 0) is 39.8 Å². The first-order chi connectivity index (χ1) is 26.2. The van der Waals surface area contributed by atoms with E-state index in [1.165, 1.54) is 18.7 Å². The molecule has 0 saturated carbocycles. The lowest BCUT2D eigenvalue weighted by molar-refractivity contribution is -0.162. The number of nitrogens with one attached hydrogen (secondary N) is 2. The molecule has 0 radical (unpaired) electrons. The Bertz CT molecular complexity index is 1790. The van der Waals surface area contributed by atoms with E-state index < -0.39 is 59.3 Å². The number of nitrogens with zero attached hydrogens (tertiary/aromatic N) is 1. The largest absolute Gasteiger partial charge is 0.506 e. The number of phenolic OH excluding ortho intramolecular Hbond substituents is 1. The van der Waals surface area contributed by atoms with E-state index >= 15 is 0 Å². The minimum atomic E-state index is -1.81. The van der Waals surface area contributed by atoms with Crippen LogP contribution in [0, 0.1) is 11.8 Å². The van der Waals surface area contributed by atoms with Gasteiger partial charge in [-0.1, -0.05) is 75.8 Å². The number of carbonyl (C=O) groups excluding carboxylic acids is 4. The van der Waals surface area contributed by atoms with E-state index in [0.29, 0.717) is 32.9 Å². The van der Waals surface area contributed by atoms with Gasteiger partial charge in [0.25, 0.3) is 5.91 Å². The number of esters is 1. The van der Waals surface area contributed by atoms with Crippen molar-refractivity contribution in [3.05, 3.63) is 86.3 Å². The van der Waals surface area contributed by atoms with Gasteiger partial charge < -0.3 is 40.0 Å². The van der Waals surface area contributed by atoms with E-state index in [0.717, 1.165) is 5.57 Å². The third kappa shape index (κ3) is 10.7. The quantitative estimate of drug-likeness (QED) is 0.191.